The molecule has 1 aromatic carbocycles. The Labute approximate surface area is 274 Å². The maximum atomic E-state index is 16.9. The molecule has 8 rings (SSSR count). The Kier molecular flexibility index (Phi) is 7.10. The van der Waals surface area contributed by atoms with Gasteiger partial charge in [0, 0.05) is 66.8 Å². The number of aromatic nitrogens is 3. The van der Waals surface area contributed by atoms with E-state index in [1.165, 1.54) is 6.42 Å². The van der Waals surface area contributed by atoms with Crippen molar-refractivity contribution in [2.45, 2.75) is 70.6 Å². The molecule has 1 N–H and O–H groups in total. The van der Waals surface area contributed by atoms with E-state index in [-0.39, 0.29) is 50.6 Å². The van der Waals surface area contributed by atoms with Crippen molar-refractivity contribution in [1.82, 2.24) is 24.8 Å². The Bertz CT molecular complexity index is 2000. The molecule has 0 spiro atoms. The Balaban J connectivity index is 1.20. The van der Waals surface area contributed by atoms with Crippen molar-refractivity contribution in [2.75, 3.05) is 43.4 Å². The number of pyridine rings is 1. The summed E-state index contributed by atoms with van der Waals surface area (Å²) in [5, 5.41) is 13.5. The molecule has 3 saturated heterocycles. The summed E-state index contributed by atoms with van der Waals surface area (Å²) in [5.74, 6) is -0.872. The first-order valence-electron chi connectivity index (χ1n) is 15.8. The molecule has 3 fully saturated rings. The second kappa shape index (κ2) is 11.0. The van der Waals surface area contributed by atoms with Crippen LogP contribution in [0.3, 0.4) is 0 Å². The highest BCUT2D eigenvalue weighted by molar-refractivity contribution is 7.23. The van der Waals surface area contributed by atoms with Crippen LogP contribution in [0.2, 0.25) is 0 Å². The lowest BCUT2D eigenvalue weighted by molar-refractivity contribution is 0.0636. The number of likely N-dealkylation sites (N-methyl/N-ethyl adjacent to an activating group) is 1. The number of ether oxygens (including phenoxy) is 2. The van der Waals surface area contributed by atoms with Crippen LogP contribution >= 0.6 is 11.3 Å². The fraction of sp³-hybridized carbons (Fsp3) is 0.485. The molecule has 0 unspecified atom stereocenters. The van der Waals surface area contributed by atoms with E-state index in [4.69, 9.17) is 14.5 Å². The zero-order valence-electron chi connectivity index (χ0n) is 26.6. The highest BCUT2D eigenvalue weighted by Crippen LogP contribution is 2.46. The Hall–Kier alpha value is -4.03. The number of halogens is 2. The van der Waals surface area contributed by atoms with Gasteiger partial charge >= 0.3 is 6.09 Å². The van der Waals surface area contributed by atoms with E-state index in [0.29, 0.717) is 35.0 Å². The zero-order valence-corrected chi connectivity index (χ0v) is 27.4. The van der Waals surface area contributed by atoms with Crippen molar-refractivity contribution in [1.29, 1.82) is 5.26 Å². The third kappa shape index (κ3) is 4.99. The molecule has 1 amide bonds. The van der Waals surface area contributed by atoms with Crippen LogP contribution in [-0.4, -0.2) is 87.8 Å². The molecule has 14 heteroatoms. The van der Waals surface area contributed by atoms with Crippen molar-refractivity contribution >= 4 is 49.4 Å². The second-order valence-corrected chi connectivity index (χ2v) is 14.9. The Morgan fingerprint density at radius 3 is 2.66 bits per heavy atom. The summed E-state index contributed by atoms with van der Waals surface area (Å²) in [6.07, 6.45) is 4.09. The van der Waals surface area contributed by atoms with Crippen LogP contribution in [0.5, 0.6) is 0 Å². The SMILES string of the molecule is CN1C[C@H]2C[C@@H]1CN2[C@@H]1CCN(c2ncc3c4c(c(-c5ncc(F)c6sc(NC(=O)OC(C)(C)C)c(C#N)c56)c(F)c3n2)COC4)C1. The van der Waals surface area contributed by atoms with E-state index in [0.717, 1.165) is 55.7 Å². The molecular formula is C33H34F2N8O3S. The van der Waals surface area contributed by atoms with Gasteiger partial charge in [-0.1, -0.05) is 0 Å². The van der Waals surface area contributed by atoms with Gasteiger partial charge in [0.2, 0.25) is 5.95 Å². The number of nitrogens with one attached hydrogen (secondary N) is 1. The first kappa shape index (κ1) is 30.3. The average molecular weight is 661 g/mol. The van der Waals surface area contributed by atoms with E-state index < -0.39 is 23.3 Å². The summed E-state index contributed by atoms with van der Waals surface area (Å²) in [4.78, 5) is 33.6. The van der Waals surface area contributed by atoms with E-state index in [1.807, 2.05) is 0 Å². The van der Waals surface area contributed by atoms with Crippen molar-refractivity contribution in [3.63, 3.8) is 0 Å². The lowest BCUT2D eigenvalue weighted by Gasteiger charge is -2.36. The monoisotopic (exact) mass is 660 g/mol. The predicted molar refractivity (Wildman–Crippen MR) is 173 cm³/mol. The maximum Gasteiger partial charge on any atom is 0.412 e. The van der Waals surface area contributed by atoms with Gasteiger partial charge in [0.15, 0.2) is 11.6 Å². The molecule has 4 aliphatic rings. The second-order valence-electron chi connectivity index (χ2n) is 13.8. The first-order valence-corrected chi connectivity index (χ1v) is 16.6. The molecular weight excluding hydrogens is 626 g/mol. The van der Waals surface area contributed by atoms with Crippen LogP contribution in [-0.2, 0) is 22.7 Å². The number of fused-ring (bicyclic) bond motifs is 6. The minimum atomic E-state index is -0.792. The fourth-order valence-corrected chi connectivity index (χ4v) is 8.73. The Morgan fingerprint density at radius 1 is 1.13 bits per heavy atom. The number of carbonyl (C=O) groups is 1. The molecule has 3 atom stereocenters. The molecule has 0 saturated carbocycles. The van der Waals surface area contributed by atoms with E-state index >= 15 is 8.78 Å². The van der Waals surface area contributed by atoms with Crippen molar-refractivity contribution in [3.8, 4) is 17.3 Å². The van der Waals surface area contributed by atoms with Crippen LogP contribution < -0.4 is 10.2 Å². The van der Waals surface area contributed by atoms with Crippen LogP contribution in [0.4, 0.5) is 24.5 Å². The molecule has 4 aliphatic heterocycles. The summed E-state index contributed by atoms with van der Waals surface area (Å²) >= 11 is 0.873. The lowest BCUT2D eigenvalue weighted by Crippen LogP contribution is -2.50. The van der Waals surface area contributed by atoms with Gasteiger partial charge in [0.05, 0.1) is 35.4 Å². The molecule has 47 heavy (non-hydrogen) atoms. The summed E-state index contributed by atoms with van der Waals surface area (Å²) in [6.45, 7) is 9.18. The van der Waals surface area contributed by atoms with Gasteiger partial charge in [0.25, 0.3) is 0 Å². The van der Waals surface area contributed by atoms with Gasteiger partial charge in [-0.15, -0.1) is 11.3 Å². The number of anilines is 2. The van der Waals surface area contributed by atoms with Crippen molar-refractivity contribution in [2.24, 2.45) is 0 Å². The normalized spacial score (nSPS) is 22.8. The average Bonchev–Trinajstić information content (AvgIpc) is 3.85. The minimum absolute atomic E-state index is 0.0293. The van der Waals surface area contributed by atoms with Gasteiger partial charge in [-0.25, -0.2) is 23.5 Å². The maximum absolute atomic E-state index is 16.9. The van der Waals surface area contributed by atoms with Crippen LogP contribution in [0, 0.1) is 23.0 Å². The van der Waals surface area contributed by atoms with Crippen molar-refractivity contribution < 1.29 is 23.0 Å². The van der Waals surface area contributed by atoms with Crippen LogP contribution in [0.15, 0.2) is 12.4 Å². The van der Waals surface area contributed by atoms with E-state index in [2.05, 4.69) is 43.1 Å². The predicted octanol–water partition coefficient (Wildman–Crippen LogP) is 5.40. The molecule has 4 aromatic rings. The largest absolute Gasteiger partial charge is 0.444 e. The number of hydrogen-bond acceptors (Lipinski definition) is 11. The molecule has 7 heterocycles. The zero-order chi connectivity index (χ0) is 32.8. The number of thiophene rings is 1. The van der Waals surface area contributed by atoms with Gasteiger partial charge < -0.3 is 19.3 Å². The third-order valence-electron chi connectivity index (χ3n) is 9.79. The number of likely N-dealkylation sites (tertiary alicyclic amines) is 2. The number of nitriles is 1. The quantitative estimate of drug-likeness (QED) is 0.305. The van der Waals surface area contributed by atoms with E-state index in [1.54, 1.807) is 27.0 Å². The molecule has 0 radical (unpaired) electrons. The molecule has 3 aromatic heterocycles. The van der Waals surface area contributed by atoms with Crippen LogP contribution in [0.1, 0.15) is 50.3 Å². The summed E-state index contributed by atoms with van der Waals surface area (Å²) in [5.41, 5.74) is 0.788. The number of hydrogen-bond donors (Lipinski definition) is 1. The Morgan fingerprint density at radius 2 is 1.94 bits per heavy atom. The minimum Gasteiger partial charge on any atom is -0.444 e. The van der Waals surface area contributed by atoms with E-state index in [9.17, 15) is 10.1 Å². The third-order valence-corrected chi connectivity index (χ3v) is 10.9. The summed E-state index contributed by atoms with van der Waals surface area (Å²) < 4.78 is 43.4. The number of piperazine rings is 1. The number of nitrogens with zero attached hydrogens (tertiary/aromatic N) is 7. The van der Waals surface area contributed by atoms with Crippen LogP contribution in [0.25, 0.3) is 32.2 Å². The number of amides is 1. The fourth-order valence-electron chi connectivity index (χ4n) is 7.69. The first-order chi connectivity index (χ1) is 22.5. The van der Waals surface area contributed by atoms with Crippen molar-refractivity contribution in [3.05, 3.63) is 40.7 Å². The standard InChI is InChI=1S/C33H34F2N8O3S/c1-33(2,3)46-32(44)40-30-19(8-36)25-28(37-10-23(34)29(25)47-30)24-22-15-45-14-21(22)20-9-38-31(39-27(20)26(24)35)42-6-5-16(12-42)43-13-17-7-18(43)11-41(17)4/h9-10,16-18H,5-7,11-15H2,1-4H3,(H,40,44)/t16-,17-,18-/m1/s1. The summed E-state index contributed by atoms with van der Waals surface area (Å²) in [6, 6.07) is 3.66. The van der Waals surface area contributed by atoms with Gasteiger partial charge in [0.1, 0.15) is 22.2 Å². The molecule has 244 valence electrons. The topological polar surface area (TPSA) is 120 Å². The summed E-state index contributed by atoms with van der Waals surface area (Å²) in [7, 11) is 2.20. The smallest absolute Gasteiger partial charge is 0.412 e. The highest BCUT2D eigenvalue weighted by Gasteiger charge is 2.45. The number of rotatable bonds is 4. The molecule has 2 bridgehead atoms. The number of benzene rings is 1. The molecule has 0 aliphatic carbocycles. The molecule has 11 nitrogen and oxygen atoms in total. The highest BCUT2D eigenvalue weighted by atomic mass is 32.1. The van der Waals surface area contributed by atoms with Gasteiger partial charge in [-0.05, 0) is 51.8 Å². The van der Waals surface area contributed by atoms with Gasteiger partial charge in [-0.2, -0.15) is 5.26 Å². The number of carbonyl (C=O) groups excluding carboxylic acids is 1. The van der Waals surface area contributed by atoms with Gasteiger partial charge in [-0.3, -0.25) is 15.2 Å². The lowest BCUT2D eigenvalue weighted by atomic mass is 9.94.